The molecular formula is C17H21N3O2S. The summed E-state index contributed by atoms with van der Waals surface area (Å²) in [7, 11) is 0. The number of aromatic nitrogens is 1. The van der Waals surface area contributed by atoms with Crippen molar-refractivity contribution < 1.29 is 9.59 Å². The summed E-state index contributed by atoms with van der Waals surface area (Å²) in [6.07, 6.45) is 0. The van der Waals surface area contributed by atoms with Crippen LogP contribution in [0.15, 0.2) is 35.7 Å². The number of nitrogens with one attached hydrogen (secondary N) is 2. The van der Waals surface area contributed by atoms with E-state index in [2.05, 4.69) is 15.6 Å². The molecule has 5 nitrogen and oxygen atoms in total. The first-order valence-corrected chi connectivity index (χ1v) is 8.40. The first-order valence-electron chi connectivity index (χ1n) is 7.52. The molecule has 0 saturated heterocycles. The highest BCUT2D eigenvalue weighted by Crippen LogP contribution is 2.09. The van der Waals surface area contributed by atoms with E-state index in [0.29, 0.717) is 12.1 Å². The highest BCUT2D eigenvalue weighted by Gasteiger charge is 2.24. The van der Waals surface area contributed by atoms with Crippen LogP contribution in [0.2, 0.25) is 0 Å². The van der Waals surface area contributed by atoms with Gasteiger partial charge in [-0.25, -0.2) is 4.98 Å². The molecule has 2 rings (SSSR count). The number of nitrogens with zero attached hydrogens (tertiary/aromatic N) is 1. The number of benzene rings is 1. The van der Waals surface area contributed by atoms with E-state index in [1.807, 2.05) is 32.2 Å². The quantitative estimate of drug-likeness (QED) is 0.854. The lowest BCUT2D eigenvalue weighted by atomic mass is 10.0. The van der Waals surface area contributed by atoms with Gasteiger partial charge >= 0.3 is 0 Å². The zero-order chi connectivity index (χ0) is 16.8. The monoisotopic (exact) mass is 331 g/mol. The summed E-state index contributed by atoms with van der Waals surface area (Å²) in [6, 6.07) is 8.31. The number of carbonyl (C=O) groups excluding carboxylic acids is 2. The minimum atomic E-state index is -0.580. The largest absolute Gasteiger partial charge is 0.348 e. The molecule has 1 heterocycles. The summed E-state index contributed by atoms with van der Waals surface area (Å²) in [6.45, 7) is 6.10. The Bertz CT molecular complexity index is 667. The van der Waals surface area contributed by atoms with Gasteiger partial charge in [0.05, 0.1) is 6.54 Å². The summed E-state index contributed by atoms with van der Waals surface area (Å²) >= 11 is 1.51. The van der Waals surface area contributed by atoms with Gasteiger partial charge in [0.25, 0.3) is 5.91 Å². The van der Waals surface area contributed by atoms with E-state index in [9.17, 15) is 9.59 Å². The third-order valence-corrected chi connectivity index (χ3v) is 4.32. The van der Waals surface area contributed by atoms with Gasteiger partial charge in [0, 0.05) is 16.6 Å². The number of hydrogen-bond donors (Lipinski definition) is 2. The molecule has 0 spiro atoms. The smallest absolute Gasteiger partial charge is 0.251 e. The van der Waals surface area contributed by atoms with Gasteiger partial charge in [0.2, 0.25) is 5.91 Å². The van der Waals surface area contributed by atoms with Crippen LogP contribution in [0.3, 0.4) is 0 Å². The van der Waals surface area contributed by atoms with Crippen LogP contribution < -0.4 is 10.6 Å². The fourth-order valence-corrected chi connectivity index (χ4v) is 2.82. The maximum absolute atomic E-state index is 12.4. The van der Waals surface area contributed by atoms with Gasteiger partial charge in [-0.1, -0.05) is 32.0 Å². The van der Waals surface area contributed by atoms with Crippen LogP contribution in [0.5, 0.6) is 0 Å². The van der Waals surface area contributed by atoms with Crippen molar-refractivity contribution in [2.45, 2.75) is 33.4 Å². The predicted molar refractivity (Wildman–Crippen MR) is 91.2 cm³/mol. The lowest BCUT2D eigenvalue weighted by Crippen LogP contribution is -2.49. The molecule has 1 aromatic carbocycles. The van der Waals surface area contributed by atoms with Crippen molar-refractivity contribution in [2.75, 3.05) is 0 Å². The third-order valence-electron chi connectivity index (χ3n) is 3.35. The Morgan fingerprint density at radius 1 is 1.22 bits per heavy atom. The molecule has 2 N–H and O–H groups in total. The lowest BCUT2D eigenvalue weighted by molar-refractivity contribution is -0.124. The van der Waals surface area contributed by atoms with Gasteiger partial charge in [0.15, 0.2) is 0 Å². The molecule has 0 fully saturated rings. The van der Waals surface area contributed by atoms with E-state index >= 15 is 0 Å². The van der Waals surface area contributed by atoms with Crippen LogP contribution in [0.1, 0.15) is 34.9 Å². The van der Waals surface area contributed by atoms with Gasteiger partial charge in [-0.15, -0.1) is 11.3 Å². The molecule has 122 valence electrons. The Balaban J connectivity index is 1.97. The van der Waals surface area contributed by atoms with E-state index in [1.165, 1.54) is 11.3 Å². The molecule has 0 unspecified atom stereocenters. The molecule has 0 aliphatic rings. The van der Waals surface area contributed by atoms with Gasteiger partial charge in [-0.2, -0.15) is 0 Å². The maximum Gasteiger partial charge on any atom is 0.251 e. The molecule has 1 aromatic heterocycles. The van der Waals surface area contributed by atoms with E-state index in [-0.39, 0.29) is 17.7 Å². The van der Waals surface area contributed by atoms with Crippen LogP contribution >= 0.6 is 11.3 Å². The number of aryl methyl sites for hydroxylation is 1. The summed E-state index contributed by atoms with van der Waals surface area (Å²) < 4.78 is 0. The predicted octanol–water partition coefficient (Wildman–Crippen LogP) is 2.52. The summed E-state index contributed by atoms with van der Waals surface area (Å²) in [5.74, 6) is -0.456. The molecule has 0 radical (unpaired) electrons. The van der Waals surface area contributed by atoms with Crippen molar-refractivity contribution in [3.8, 4) is 0 Å². The van der Waals surface area contributed by atoms with Gasteiger partial charge < -0.3 is 10.6 Å². The average molecular weight is 331 g/mol. The molecule has 2 amide bonds. The molecule has 0 aliphatic carbocycles. The third kappa shape index (κ3) is 4.89. The summed E-state index contributed by atoms with van der Waals surface area (Å²) in [4.78, 5) is 28.9. The van der Waals surface area contributed by atoms with E-state index in [1.54, 1.807) is 24.3 Å². The highest BCUT2D eigenvalue weighted by atomic mass is 32.1. The second-order valence-electron chi connectivity index (χ2n) is 5.66. The Labute approximate surface area is 140 Å². The molecule has 0 bridgehead atoms. The highest BCUT2D eigenvalue weighted by molar-refractivity contribution is 7.09. The molecule has 0 aliphatic heterocycles. The normalized spacial score (nSPS) is 12.0. The zero-order valence-electron chi connectivity index (χ0n) is 13.5. The minimum Gasteiger partial charge on any atom is -0.348 e. The molecule has 6 heteroatoms. The second-order valence-corrected chi connectivity index (χ2v) is 6.60. The molecule has 23 heavy (non-hydrogen) atoms. The van der Waals surface area contributed by atoms with Crippen molar-refractivity contribution in [2.24, 2.45) is 5.92 Å². The van der Waals surface area contributed by atoms with E-state index < -0.39 is 6.04 Å². The topological polar surface area (TPSA) is 71.1 Å². The molecular weight excluding hydrogens is 310 g/mol. The average Bonchev–Trinajstić information content (AvgIpc) is 2.96. The van der Waals surface area contributed by atoms with Crippen molar-refractivity contribution in [1.82, 2.24) is 15.6 Å². The van der Waals surface area contributed by atoms with Crippen LogP contribution in [0.4, 0.5) is 0 Å². The Morgan fingerprint density at radius 2 is 1.91 bits per heavy atom. The van der Waals surface area contributed by atoms with E-state index in [4.69, 9.17) is 0 Å². The second kappa shape index (κ2) is 7.87. The van der Waals surface area contributed by atoms with Crippen molar-refractivity contribution >= 4 is 23.2 Å². The van der Waals surface area contributed by atoms with Crippen LogP contribution in [0, 0.1) is 12.8 Å². The molecule has 2 aromatic rings. The lowest BCUT2D eigenvalue weighted by Gasteiger charge is -2.21. The van der Waals surface area contributed by atoms with Gasteiger partial charge in [0.1, 0.15) is 11.0 Å². The van der Waals surface area contributed by atoms with Crippen LogP contribution in [-0.4, -0.2) is 22.8 Å². The van der Waals surface area contributed by atoms with Gasteiger partial charge in [-0.05, 0) is 25.0 Å². The van der Waals surface area contributed by atoms with Crippen molar-refractivity contribution in [3.05, 3.63) is 52.0 Å². The summed E-state index contributed by atoms with van der Waals surface area (Å²) in [5, 5.41) is 8.45. The first-order chi connectivity index (χ1) is 11.0. The minimum absolute atomic E-state index is 0.0132. The van der Waals surface area contributed by atoms with Crippen LogP contribution in [-0.2, 0) is 11.3 Å². The number of amides is 2. The van der Waals surface area contributed by atoms with E-state index in [0.717, 1.165) is 10.7 Å². The Kier molecular flexibility index (Phi) is 5.87. The maximum atomic E-state index is 12.4. The fourth-order valence-electron chi connectivity index (χ4n) is 2.11. The van der Waals surface area contributed by atoms with Crippen molar-refractivity contribution in [1.29, 1.82) is 0 Å². The number of thiazole rings is 1. The van der Waals surface area contributed by atoms with Crippen molar-refractivity contribution in [3.63, 3.8) is 0 Å². The standard InChI is InChI=1S/C17H21N3O2S/c1-11(2)15(20-16(21)13-7-5-4-6-8-13)17(22)18-9-14-19-12(3)10-23-14/h4-8,10-11,15H,9H2,1-3H3,(H,18,22)(H,20,21)/t15-/m1/s1. The number of rotatable bonds is 6. The molecule has 1 atom stereocenters. The summed E-state index contributed by atoms with van der Waals surface area (Å²) in [5.41, 5.74) is 1.48. The Hall–Kier alpha value is -2.21. The zero-order valence-corrected chi connectivity index (χ0v) is 14.3. The van der Waals surface area contributed by atoms with Gasteiger partial charge in [-0.3, -0.25) is 9.59 Å². The molecule has 0 saturated carbocycles. The number of hydrogen-bond acceptors (Lipinski definition) is 4. The Morgan fingerprint density at radius 3 is 2.48 bits per heavy atom. The van der Waals surface area contributed by atoms with Crippen LogP contribution in [0.25, 0.3) is 0 Å². The number of carbonyl (C=O) groups is 2. The SMILES string of the molecule is Cc1csc(CNC(=O)[C@H](NC(=O)c2ccccc2)C(C)C)n1. The fraction of sp³-hybridized carbons (Fsp3) is 0.353. The first kappa shape index (κ1) is 17.1.